The summed E-state index contributed by atoms with van der Waals surface area (Å²) in [5.74, 6) is -2.18. The molecule has 12 heteroatoms. The lowest BCUT2D eigenvalue weighted by Gasteiger charge is -2.11. The number of nitrogens with zero attached hydrogens (tertiary/aromatic N) is 1. The van der Waals surface area contributed by atoms with Gasteiger partial charge in [0.25, 0.3) is 0 Å². The summed E-state index contributed by atoms with van der Waals surface area (Å²) in [6.45, 7) is -1.66. The van der Waals surface area contributed by atoms with E-state index in [0.717, 1.165) is 48.5 Å². The highest BCUT2D eigenvalue weighted by molar-refractivity contribution is 5.92. The number of hydrogen-bond acceptors (Lipinski definition) is 6. The van der Waals surface area contributed by atoms with Crippen LogP contribution in [0.15, 0.2) is 60.7 Å². The van der Waals surface area contributed by atoms with E-state index in [0.29, 0.717) is 0 Å². The van der Waals surface area contributed by atoms with Crippen molar-refractivity contribution in [2.24, 2.45) is 0 Å². The second kappa shape index (κ2) is 10.8. The van der Waals surface area contributed by atoms with E-state index in [2.05, 4.69) is 4.98 Å². The lowest BCUT2D eigenvalue weighted by molar-refractivity contribution is -0.138. The molecule has 36 heavy (non-hydrogen) atoms. The van der Waals surface area contributed by atoms with E-state index in [4.69, 9.17) is 9.47 Å². The maximum Gasteiger partial charge on any atom is 0.416 e. The molecule has 0 amide bonds. The fourth-order valence-corrected chi connectivity index (χ4v) is 3.01. The molecule has 0 aliphatic heterocycles. The number of aliphatic hydroxyl groups excluding tert-OH is 1. The van der Waals surface area contributed by atoms with Crippen LogP contribution < -0.4 is 0 Å². The van der Waals surface area contributed by atoms with Crippen LogP contribution in [0.3, 0.4) is 0 Å². The molecule has 0 atom stereocenters. The Kier molecular flexibility index (Phi) is 7.98. The van der Waals surface area contributed by atoms with Crippen LogP contribution in [0.2, 0.25) is 0 Å². The molecule has 0 radical (unpaired) electrons. The maximum absolute atomic E-state index is 12.8. The predicted octanol–water partition coefficient (Wildman–Crippen LogP) is 5.33. The summed E-state index contributed by atoms with van der Waals surface area (Å²) in [7, 11) is 0. The zero-order valence-corrected chi connectivity index (χ0v) is 18.2. The number of alkyl halides is 6. The Hall–Kier alpha value is -3.93. The van der Waals surface area contributed by atoms with E-state index in [1.54, 1.807) is 0 Å². The number of aromatic nitrogens is 1. The summed E-state index contributed by atoms with van der Waals surface area (Å²) < 4.78 is 87.0. The van der Waals surface area contributed by atoms with Crippen molar-refractivity contribution in [3.8, 4) is 0 Å². The molecule has 0 saturated heterocycles. The van der Waals surface area contributed by atoms with E-state index in [-0.39, 0.29) is 16.7 Å². The number of rotatable bonds is 7. The van der Waals surface area contributed by atoms with Crippen molar-refractivity contribution in [1.82, 2.24) is 4.98 Å². The Bertz CT molecular complexity index is 1160. The standard InChI is InChI=1S/C24H17F6NO5/c25-23(26,27)17-5-1-3-14(7-17)12-35-21(33)19-9-16(11-32)10-20(31-19)22(34)36-13-15-4-2-6-18(8-15)24(28,29)30/h1-10,32H,11-13H2. The second-order valence-electron chi connectivity index (χ2n) is 7.45. The second-order valence-corrected chi connectivity index (χ2v) is 7.45. The molecule has 0 spiro atoms. The van der Waals surface area contributed by atoms with Crippen LogP contribution in [0.1, 0.15) is 48.8 Å². The molecule has 0 aliphatic rings. The van der Waals surface area contributed by atoms with Gasteiger partial charge in [-0.05, 0) is 53.1 Å². The van der Waals surface area contributed by atoms with Crippen molar-refractivity contribution >= 4 is 11.9 Å². The Morgan fingerprint density at radius 2 is 1.11 bits per heavy atom. The molecular weight excluding hydrogens is 496 g/mol. The van der Waals surface area contributed by atoms with Gasteiger partial charge in [0.05, 0.1) is 17.7 Å². The number of hydrogen-bond donors (Lipinski definition) is 1. The molecule has 0 saturated carbocycles. The van der Waals surface area contributed by atoms with Gasteiger partial charge in [0.1, 0.15) is 24.6 Å². The fourth-order valence-electron chi connectivity index (χ4n) is 3.01. The quantitative estimate of drug-likeness (QED) is 0.340. The van der Waals surface area contributed by atoms with Crippen molar-refractivity contribution in [2.75, 3.05) is 0 Å². The van der Waals surface area contributed by atoms with Gasteiger partial charge in [0.2, 0.25) is 0 Å². The van der Waals surface area contributed by atoms with Crippen LogP contribution in [0.5, 0.6) is 0 Å². The minimum absolute atomic E-state index is 0.0530. The molecule has 1 heterocycles. The summed E-state index contributed by atoms with van der Waals surface area (Å²) in [6.07, 6.45) is -9.17. The first-order valence-corrected chi connectivity index (χ1v) is 10.1. The van der Waals surface area contributed by atoms with E-state index in [1.807, 2.05) is 0 Å². The molecule has 0 unspecified atom stereocenters. The molecule has 2 aromatic carbocycles. The number of aliphatic hydroxyl groups is 1. The summed E-state index contributed by atoms with van der Waals surface area (Å²) in [4.78, 5) is 28.6. The molecular formula is C24H17F6NO5. The van der Waals surface area contributed by atoms with Gasteiger partial charge in [-0.2, -0.15) is 26.3 Å². The highest BCUT2D eigenvalue weighted by atomic mass is 19.4. The van der Waals surface area contributed by atoms with Gasteiger partial charge in [-0.25, -0.2) is 14.6 Å². The predicted molar refractivity (Wildman–Crippen MR) is 111 cm³/mol. The smallest absolute Gasteiger partial charge is 0.416 e. The molecule has 190 valence electrons. The van der Waals surface area contributed by atoms with Crippen LogP contribution in [0.25, 0.3) is 0 Å². The van der Waals surface area contributed by atoms with Gasteiger partial charge in [-0.15, -0.1) is 0 Å². The Labute approximate surface area is 200 Å². The molecule has 1 aromatic heterocycles. The van der Waals surface area contributed by atoms with Crippen LogP contribution in [-0.2, 0) is 41.6 Å². The lowest BCUT2D eigenvalue weighted by atomic mass is 10.1. The van der Waals surface area contributed by atoms with Gasteiger partial charge in [-0.3, -0.25) is 0 Å². The Morgan fingerprint density at radius 3 is 1.47 bits per heavy atom. The maximum atomic E-state index is 12.8. The SMILES string of the molecule is O=C(OCc1cccc(C(F)(F)F)c1)c1cc(CO)cc(C(=O)OCc2cccc(C(F)(F)F)c2)n1. The average Bonchev–Trinajstić information content (AvgIpc) is 2.84. The van der Waals surface area contributed by atoms with E-state index < -0.39 is 66.6 Å². The monoisotopic (exact) mass is 513 g/mol. The van der Waals surface area contributed by atoms with Crippen LogP contribution in [0.4, 0.5) is 26.3 Å². The van der Waals surface area contributed by atoms with Crippen molar-refractivity contribution in [3.63, 3.8) is 0 Å². The zero-order valence-electron chi connectivity index (χ0n) is 18.2. The van der Waals surface area contributed by atoms with Crippen molar-refractivity contribution in [1.29, 1.82) is 0 Å². The summed E-state index contributed by atoms with van der Waals surface area (Å²) >= 11 is 0. The average molecular weight is 513 g/mol. The number of benzene rings is 2. The van der Waals surface area contributed by atoms with E-state index >= 15 is 0 Å². The molecule has 1 N–H and O–H groups in total. The molecule has 0 bridgehead atoms. The first kappa shape index (κ1) is 26.7. The molecule has 6 nitrogen and oxygen atoms in total. The van der Waals surface area contributed by atoms with Crippen LogP contribution in [-0.4, -0.2) is 22.0 Å². The summed E-state index contributed by atoms with van der Waals surface area (Å²) in [6, 6.07) is 10.5. The minimum atomic E-state index is -4.58. The normalized spacial score (nSPS) is 11.8. The largest absolute Gasteiger partial charge is 0.456 e. The highest BCUT2D eigenvalue weighted by Gasteiger charge is 2.31. The third kappa shape index (κ3) is 7.04. The third-order valence-corrected chi connectivity index (χ3v) is 4.73. The van der Waals surface area contributed by atoms with Gasteiger partial charge < -0.3 is 14.6 Å². The summed E-state index contributed by atoms with van der Waals surface area (Å²) in [5.41, 5.74) is -2.54. The van der Waals surface area contributed by atoms with Crippen molar-refractivity contribution in [3.05, 3.63) is 99.9 Å². The topological polar surface area (TPSA) is 85.7 Å². The molecule has 3 aromatic rings. The molecule has 0 fully saturated rings. The van der Waals surface area contributed by atoms with Crippen molar-refractivity contribution in [2.45, 2.75) is 32.2 Å². The molecule has 3 rings (SSSR count). The number of pyridine rings is 1. The van der Waals surface area contributed by atoms with E-state index in [1.165, 1.54) is 12.1 Å². The van der Waals surface area contributed by atoms with Gasteiger partial charge in [-0.1, -0.05) is 24.3 Å². The van der Waals surface area contributed by atoms with E-state index in [9.17, 15) is 41.0 Å². The lowest BCUT2D eigenvalue weighted by Crippen LogP contribution is -2.14. The fraction of sp³-hybridized carbons (Fsp3) is 0.208. The van der Waals surface area contributed by atoms with Gasteiger partial charge in [0.15, 0.2) is 0 Å². The number of carbonyl (C=O) groups excluding carboxylic acids is 2. The molecule has 0 aliphatic carbocycles. The number of esters is 2. The van der Waals surface area contributed by atoms with Gasteiger partial charge in [0, 0.05) is 0 Å². The third-order valence-electron chi connectivity index (χ3n) is 4.73. The van der Waals surface area contributed by atoms with Crippen LogP contribution in [0, 0.1) is 0 Å². The number of halogens is 6. The van der Waals surface area contributed by atoms with Crippen LogP contribution >= 0.6 is 0 Å². The first-order valence-electron chi connectivity index (χ1n) is 10.1. The Morgan fingerprint density at radius 1 is 0.694 bits per heavy atom. The minimum Gasteiger partial charge on any atom is -0.456 e. The zero-order chi connectivity index (χ0) is 26.5. The number of ether oxygens (including phenoxy) is 2. The van der Waals surface area contributed by atoms with Gasteiger partial charge >= 0.3 is 24.3 Å². The first-order chi connectivity index (χ1) is 16.9. The number of carbonyl (C=O) groups is 2. The highest BCUT2D eigenvalue weighted by Crippen LogP contribution is 2.30. The Balaban J connectivity index is 1.71. The summed E-state index contributed by atoms with van der Waals surface area (Å²) in [5, 5.41) is 9.43. The van der Waals surface area contributed by atoms with Crippen molar-refractivity contribution < 1.29 is 50.5 Å².